The molecule has 0 aromatic carbocycles. The first-order valence-corrected chi connectivity index (χ1v) is 13.8. The lowest BCUT2D eigenvalue weighted by Crippen LogP contribution is -2.17. The summed E-state index contributed by atoms with van der Waals surface area (Å²) in [5, 5.41) is 2.71. The third-order valence-corrected chi connectivity index (χ3v) is 5.36. The van der Waals surface area contributed by atoms with Gasteiger partial charge in [-0.05, 0) is 0 Å². The van der Waals surface area contributed by atoms with E-state index in [1.54, 1.807) is 0 Å². The van der Waals surface area contributed by atoms with E-state index < -0.39 is 26.0 Å². The molecule has 0 atom stereocenters. The topological polar surface area (TPSA) is 34.1 Å². The summed E-state index contributed by atoms with van der Waals surface area (Å²) in [7, 11) is -5.99. The van der Waals surface area contributed by atoms with Crippen LogP contribution >= 0.6 is 0 Å². The van der Waals surface area contributed by atoms with Gasteiger partial charge in [0, 0.05) is 10.8 Å². The van der Waals surface area contributed by atoms with E-state index in [2.05, 4.69) is 39.3 Å². The zero-order valence-electron chi connectivity index (χ0n) is 10.5. The van der Waals surface area contributed by atoms with Gasteiger partial charge in [-0.2, -0.15) is 0 Å². The summed E-state index contributed by atoms with van der Waals surface area (Å²) in [4.78, 5) is 0. The summed E-state index contributed by atoms with van der Waals surface area (Å²) in [5.41, 5.74) is 3.72. The molecule has 2 nitrogen and oxygen atoms in total. The Hall–Kier alpha value is -0.136. The fraction of sp³-hybridized carbons (Fsp3) is 0.600. The summed E-state index contributed by atoms with van der Waals surface area (Å²) < 4.78 is 23.2. The third kappa shape index (κ3) is 10.2. The minimum absolute atomic E-state index is 1.36. The van der Waals surface area contributed by atoms with Crippen molar-refractivity contribution in [1.29, 1.82) is 0 Å². The molecule has 0 aliphatic rings. The van der Waals surface area contributed by atoms with Crippen LogP contribution < -0.4 is 0 Å². The maximum atomic E-state index is 11.6. The molecule has 0 heterocycles. The summed E-state index contributed by atoms with van der Waals surface area (Å²) in [6.45, 7) is 12.7. The molecule has 0 radical (unpaired) electrons. The average Bonchev–Trinajstić information content (AvgIpc) is 1.96. The Morgan fingerprint density at radius 1 is 0.733 bits per heavy atom. The molecule has 88 valence electrons. The molecule has 0 aliphatic heterocycles. The van der Waals surface area contributed by atoms with E-state index in [1.165, 1.54) is 10.8 Å². The standard InChI is InChI=1S/C10H22O2SSi2/c1-14(2,3)9-7-13(11,12)8-10-15(4,5)6/h7-10H,1-6H3. The van der Waals surface area contributed by atoms with Crippen molar-refractivity contribution in [3.05, 3.63) is 22.2 Å². The Morgan fingerprint density at radius 3 is 1.20 bits per heavy atom. The third-order valence-electron chi connectivity index (χ3n) is 1.52. The smallest absolute Gasteiger partial charge is 0.191 e. The van der Waals surface area contributed by atoms with Gasteiger partial charge < -0.3 is 0 Å². The van der Waals surface area contributed by atoms with E-state index in [1.807, 2.05) is 11.4 Å². The summed E-state index contributed by atoms with van der Waals surface area (Å²) in [6, 6.07) is 0. The second-order valence-corrected chi connectivity index (χ2v) is 17.8. The maximum absolute atomic E-state index is 11.6. The predicted octanol–water partition coefficient (Wildman–Crippen LogP) is 3.18. The van der Waals surface area contributed by atoms with Crippen molar-refractivity contribution in [1.82, 2.24) is 0 Å². The molecule has 0 aliphatic carbocycles. The average molecular weight is 263 g/mol. The molecule has 15 heavy (non-hydrogen) atoms. The van der Waals surface area contributed by atoms with Crippen LogP contribution in [0.5, 0.6) is 0 Å². The van der Waals surface area contributed by atoms with Gasteiger partial charge in [0.2, 0.25) is 0 Å². The second-order valence-electron chi connectivity index (χ2n) is 5.93. The van der Waals surface area contributed by atoms with Crippen LogP contribution in [0.15, 0.2) is 22.2 Å². The van der Waals surface area contributed by atoms with E-state index >= 15 is 0 Å². The normalized spacial score (nSPS) is 15.3. The highest BCUT2D eigenvalue weighted by molar-refractivity contribution is 7.97. The number of sulfone groups is 1. The van der Waals surface area contributed by atoms with Crippen LogP contribution in [-0.2, 0) is 9.84 Å². The largest absolute Gasteiger partial charge is 0.220 e. The van der Waals surface area contributed by atoms with E-state index in [9.17, 15) is 8.42 Å². The fourth-order valence-corrected chi connectivity index (χ4v) is 5.52. The Labute approximate surface area is 96.0 Å². The lowest BCUT2D eigenvalue weighted by molar-refractivity contribution is 0.612. The SMILES string of the molecule is C[Si](C)(C)C=CS(=O)(=O)C=C[Si](C)(C)C. The Bertz CT molecular complexity index is 324. The van der Waals surface area contributed by atoms with Gasteiger partial charge in [-0.1, -0.05) is 50.7 Å². The predicted molar refractivity (Wildman–Crippen MR) is 73.9 cm³/mol. The Kier molecular flexibility index (Phi) is 4.76. The van der Waals surface area contributed by atoms with Crippen LogP contribution in [0, 0.1) is 0 Å². The molecule has 5 heteroatoms. The number of rotatable bonds is 4. The maximum Gasteiger partial charge on any atom is 0.191 e. The van der Waals surface area contributed by atoms with Crippen molar-refractivity contribution in [3.8, 4) is 0 Å². The van der Waals surface area contributed by atoms with Gasteiger partial charge in [0.25, 0.3) is 0 Å². The Balaban J connectivity index is 4.75. The van der Waals surface area contributed by atoms with Crippen molar-refractivity contribution in [2.24, 2.45) is 0 Å². The first-order valence-electron chi connectivity index (χ1n) is 5.05. The molecule has 0 saturated carbocycles. The Morgan fingerprint density at radius 2 is 1.00 bits per heavy atom. The van der Waals surface area contributed by atoms with Crippen molar-refractivity contribution < 1.29 is 8.42 Å². The van der Waals surface area contributed by atoms with Crippen LogP contribution in [0.1, 0.15) is 0 Å². The summed E-state index contributed by atoms with van der Waals surface area (Å²) in [6.07, 6.45) is 0. The van der Waals surface area contributed by atoms with Gasteiger partial charge in [0.1, 0.15) is 0 Å². The molecule has 0 amide bonds. The van der Waals surface area contributed by atoms with E-state index in [0.29, 0.717) is 0 Å². The molecule has 0 bridgehead atoms. The molecule has 0 spiro atoms. The minimum atomic E-state index is -3.14. The lowest BCUT2D eigenvalue weighted by Gasteiger charge is -2.09. The molecule has 0 unspecified atom stereocenters. The highest BCUT2D eigenvalue weighted by Gasteiger charge is 2.12. The van der Waals surface area contributed by atoms with Crippen molar-refractivity contribution >= 4 is 26.0 Å². The van der Waals surface area contributed by atoms with Crippen LogP contribution in [0.3, 0.4) is 0 Å². The molecular formula is C10H22O2SSi2. The van der Waals surface area contributed by atoms with Gasteiger partial charge in [-0.25, -0.2) is 8.42 Å². The van der Waals surface area contributed by atoms with Gasteiger partial charge in [0.15, 0.2) is 9.84 Å². The van der Waals surface area contributed by atoms with Crippen molar-refractivity contribution in [2.75, 3.05) is 0 Å². The monoisotopic (exact) mass is 262 g/mol. The van der Waals surface area contributed by atoms with Crippen LogP contribution in [0.4, 0.5) is 0 Å². The van der Waals surface area contributed by atoms with E-state index in [0.717, 1.165) is 0 Å². The van der Waals surface area contributed by atoms with Crippen LogP contribution in [0.2, 0.25) is 39.3 Å². The lowest BCUT2D eigenvalue weighted by atomic mass is 11.2. The van der Waals surface area contributed by atoms with E-state index in [4.69, 9.17) is 0 Å². The molecule has 0 rings (SSSR count). The molecule has 0 aromatic heterocycles. The molecule has 0 N–H and O–H groups in total. The molecular weight excluding hydrogens is 240 g/mol. The van der Waals surface area contributed by atoms with Crippen molar-refractivity contribution in [3.63, 3.8) is 0 Å². The second kappa shape index (κ2) is 4.80. The first-order chi connectivity index (χ1) is 6.41. The quantitative estimate of drug-likeness (QED) is 0.729. The van der Waals surface area contributed by atoms with Crippen LogP contribution in [0.25, 0.3) is 0 Å². The highest BCUT2D eigenvalue weighted by Crippen LogP contribution is 2.08. The molecule has 0 saturated heterocycles. The molecule has 0 aromatic rings. The highest BCUT2D eigenvalue weighted by atomic mass is 32.2. The summed E-state index contributed by atoms with van der Waals surface area (Å²) >= 11 is 0. The first kappa shape index (κ1) is 14.9. The number of hydrogen-bond donors (Lipinski definition) is 0. The minimum Gasteiger partial charge on any atom is -0.220 e. The van der Waals surface area contributed by atoms with Gasteiger partial charge in [0.05, 0.1) is 16.1 Å². The van der Waals surface area contributed by atoms with E-state index in [-0.39, 0.29) is 0 Å². The number of hydrogen-bond acceptors (Lipinski definition) is 2. The zero-order valence-corrected chi connectivity index (χ0v) is 13.4. The van der Waals surface area contributed by atoms with Gasteiger partial charge in [-0.15, -0.1) is 0 Å². The van der Waals surface area contributed by atoms with Gasteiger partial charge in [-0.3, -0.25) is 0 Å². The summed E-state index contributed by atoms with van der Waals surface area (Å²) in [5.74, 6) is 0. The fourth-order valence-electron chi connectivity index (χ4n) is 0.643. The zero-order chi connectivity index (χ0) is 12.3. The molecule has 0 fully saturated rings. The van der Waals surface area contributed by atoms with Gasteiger partial charge >= 0.3 is 0 Å². The van der Waals surface area contributed by atoms with Crippen LogP contribution in [-0.4, -0.2) is 24.6 Å². The van der Waals surface area contributed by atoms with Crippen molar-refractivity contribution in [2.45, 2.75) is 39.3 Å².